The van der Waals surface area contributed by atoms with Gasteiger partial charge in [-0.1, -0.05) is 33.1 Å². The van der Waals surface area contributed by atoms with Crippen LogP contribution in [0.1, 0.15) is 56.3 Å². The first-order valence-corrected chi connectivity index (χ1v) is 10.1. The van der Waals surface area contributed by atoms with Crippen molar-refractivity contribution in [2.75, 3.05) is 26.2 Å². The Morgan fingerprint density at radius 1 is 1.36 bits per heavy atom. The Morgan fingerprint density at radius 2 is 2.18 bits per heavy atom. The fourth-order valence-corrected chi connectivity index (χ4v) is 3.63. The lowest BCUT2D eigenvalue weighted by Crippen LogP contribution is -2.29. The molecule has 5 nitrogen and oxygen atoms in total. The SMILES string of the molecule is CCCCCC(C)C(=O)c1cnn2cc(OCCN3CCC(F)(F)C3)ccc12. The molecular formula is C21H29F2N3O2. The summed E-state index contributed by atoms with van der Waals surface area (Å²) < 4.78 is 33.8. The minimum atomic E-state index is -2.58. The number of carbonyl (C=O) groups is 1. The number of fused-ring (bicyclic) bond motifs is 1. The van der Waals surface area contributed by atoms with Crippen LogP contribution in [0.4, 0.5) is 8.78 Å². The number of hydrogen-bond donors (Lipinski definition) is 0. The largest absolute Gasteiger partial charge is 0.491 e. The molecule has 0 radical (unpaired) electrons. The van der Waals surface area contributed by atoms with Crippen LogP contribution >= 0.6 is 0 Å². The fourth-order valence-electron chi connectivity index (χ4n) is 3.63. The number of halogens is 2. The van der Waals surface area contributed by atoms with E-state index >= 15 is 0 Å². The number of aromatic nitrogens is 2. The monoisotopic (exact) mass is 393 g/mol. The second-order valence-electron chi connectivity index (χ2n) is 7.74. The number of carbonyl (C=O) groups excluding carboxylic acids is 1. The van der Waals surface area contributed by atoms with E-state index in [1.807, 2.05) is 13.0 Å². The summed E-state index contributed by atoms with van der Waals surface area (Å²) in [4.78, 5) is 14.4. The minimum Gasteiger partial charge on any atom is -0.491 e. The lowest BCUT2D eigenvalue weighted by Gasteiger charge is -2.15. The Hall–Kier alpha value is -2.02. The summed E-state index contributed by atoms with van der Waals surface area (Å²) in [5.41, 5.74) is 1.40. The van der Waals surface area contributed by atoms with Crippen molar-refractivity contribution in [3.63, 3.8) is 0 Å². The van der Waals surface area contributed by atoms with E-state index in [-0.39, 0.29) is 24.7 Å². The molecule has 0 amide bonds. The Morgan fingerprint density at radius 3 is 2.89 bits per heavy atom. The number of likely N-dealkylation sites (tertiary alicyclic amines) is 1. The predicted octanol–water partition coefficient (Wildman–Crippen LogP) is 4.45. The van der Waals surface area contributed by atoms with Gasteiger partial charge in [-0.05, 0) is 18.6 Å². The number of nitrogens with zero attached hydrogens (tertiary/aromatic N) is 3. The van der Waals surface area contributed by atoms with E-state index in [0.29, 0.717) is 31.0 Å². The van der Waals surface area contributed by atoms with Gasteiger partial charge in [-0.25, -0.2) is 13.3 Å². The molecule has 1 fully saturated rings. The van der Waals surface area contributed by atoms with Gasteiger partial charge in [0.2, 0.25) is 0 Å². The van der Waals surface area contributed by atoms with Crippen LogP contribution in [0.5, 0.6) is 5.75 Å². The first kappa shape index (κ1) is 20.7. The van der Waals surface area contributed by atoms with E-state index in [4.69, 9.17) is 4.74 Å². The summed E-state index contributed by atoms with van der Waals surface area (Å²) in [6, 6.07) is 3.63. The molecule has 28 heavy (non-hydrogen) atoms. The molecule has 0 N–H and O–H groups in total. The molecule has 2 aromatic heterocycles. The number of ether oxygens (including phenoxy) is 1. The van der Waals surface area contributed by atoms with Gasteiger partial charge in [0.05, 0.1) is 30.0 Å². The van der Waals surface area contributed by atoms with Crippen LogP contribution in [0.2, 0.25) is 0 Å². The number of rotatable bonds is 10. The smallest absolute Gasteiger partial charge is 0.261 e. The molecule has 0 aliphatic carbocycles. The van der Waals surface area contributed by atoms with Crippen molar-refractivity contribution >= 4 is 11.3 Å². The highest BCUT2D eigenvalue weighted by molar-refractivity contribution is 6.03. The summed E-state index contributed by atoms with van der Waals surface area (Å²) >= 11 is 0. The third-order valence-corrected chi connectivity index (χ3v) is 5.37. The van der Waals surface area contributed by atoms with E-state index in [1.165, 1.54) is 0 Å². The number of Topliss-reactive ketones (excluding diaryl/α,β-unsaturated/α-hetero) is 1. The van der Waals surface area contributed by atoms with E-state index in [2.05, 4.69) is 12.0 Å². The Bertz CT molecular complexity index is 806. The van der Waals surface area contributed by atoms with Gasteiger partial charge in [0, 0.05) is 25.4 Å². The lowest BCUT2D eigenvalue weighted by molar-refractivity contribution is 0.0112. The molecule has 0 saturated carbocycles. The molecule has 7 heteroatoms. The van der Waals surface area contributed by atoms with Crippen LogP contribution in [0, 0.1) is 5.92 Å². The molecule has 0 spiro atoms. The standard InChI is InChI=1S/C21H29F2N3O2/c1-3-4-5-6-16(2)20(27)18-13-24-26-14-17(7-8-19(18)26)28-12-11-25-10-9-21(22,23)15-25/h7-8,13-14,16H,3-6,9-12,15H2,1-2H3. The second kappa shape index (κ2) is 8.99. The van der Waals surface area contributed by atoms with Crippen molar-refractivity contribution in [1.82, 2.24) is 14.5 Å². The molecule has 1 aliphatic rings. The number of unbranched alkanes of at least 4 members (excludes halogenated alkanes) is 2. The van der Waals surface area contributed by atoms with Crippen LogP contribution in [-0.2, 0) is 0 Å². The van der Waals surface area contributed by atoms with Crippen LogP contribution in [0.3, 0.4) is 0 Å². The topological polar surface area (TPSA) is 46.8 Å². The summed E-state index contributed by atoms with van der Waals surface area (Å²) in [5.74, 6) is -1.87. The van der Waals surface area contributed by atoms with Gasteiger partial charge < -0.3 is 4.74 Å². The molecule has 0 aromatic carbocycles. The zero-order valence-corrected chi connectivity index (χ0v) is 16.7. The van der Waals surface area contributed by atoms with Gasteiger partial charge in [0.15, 0.2) is 5.78 Å². The zero-order chi connectivity index (χ0) is 20.1. The molecule has 1 saturated heterocycles. The van der Waals surface area contributed by atoms with E-state index in [0.717, 1.165) is 31.2 Å². The Labute approximate surface area is 164 Å². The predicted molar refractivity (Wildman–Crippen MR) is 104 cm³/mol. The molecular weight excluding hydrogens is 364 g/mol. The number of hydrogen-bond acceptors (Lipinski definition) is 4. The van der Waals surface area contributed by atoms with Gasteiger partial charge in [0.1, 0.15) is 12.4 Å². The van der Waals surface area contributed by atoms with E-state index < -0.39 is 5.92 Å². The number of alkyl halides is 2. The molecule has 1 atom stereocenters. The lowest BCUT2D eigenvalue weighted by atomic mass is 9.95. The summed E-state index contributed by atoms with van der Waals surface area (Å²) in [7, 11) is 0. The van der Waals surface area contributed by atoms with Gasteiger partial charge in [-0.2, -0.15) is 5.10 Å². The Kier molecular flexibility index (Phi) is 6.65. The molecule has 2 aromatic rings. The highest BCUT2D eigenvalue weighted by Crippen LogP contribution is 2.26. The van der Waals surface area contributed by atoms with Gasteiger partial charge in [-0.15, -0.1) is 0 Å². The average Bonchev–Trinajstić information content (AvgIpc) is 3.23. The van der Waals surface area contributed by atoms with Crippen molar-refractivity contribution in [3.05, 3.63) is 30.1 Å². The third-order valence-electron chi connectivity index (χ3n) is 5.37. The van der Waals surface area contributed by atoms with E-state index in [9.17, 15) is 13.6 Å². The van der Waals surface area contributed by atoms with Gasteiger partial charge in [-0.3, -0.25) is 9.69 Å². The second-order valence-corrected chi connectivity index (χ2v) is 7.74. The van der Waals surface area contributed by atoms with Crippen LogP contribution in [0.25, 0.3) is 5.52 Å². The van der Waals surface area contributed by atoms with Crippen molar-refractivity contribution in [2.24, 2.45) is 5.92 Å². The molecule has 3 rings (SSSR count). The van der Waals surface area contributed by atoms with Gasteiger partial charge >= 0.3 is 0 Å². The molecule has 1 unspecified atom stereocenters. The molecule has 0 bridgehead atoms. The number of pyridine rings is 1. The quantitative estimate of drug-likeness (QED) is 0.442. The first-order chi connectivity index (χ1) is 13.4. The molecule has 3 heterocycles. The van der Waals surface area contributed by atoms with E-state index in [1.54, 1.807) is 27.9 Å². The zero-order valence-electron chi connectivity index (χ0n) is 16.7. The first-order valence-electron chi connectivity index (χ1n) is 10.1. The molecule has 154 valence electrons. The summed E-state index contributed by atoms with van der Waals surface area (Å²) in [6.45, 7) is 5.13. The fraction of sp³-hybridized carbons (Fsp3) is 0.619. The highest BCUT2D eigenvalue weighted by Gasteiger charge is 2.37. The maximum absolute atomic E-state index is 13.2. The third kappa shape index (κ3) is 5.07. The normalized spacial score (nSPS) is 17.9. The highest BCUT2D eigenvalue weighted by atomic mass is 19.3. The summed E-state index contributed by atoms with van der Waals surface area (Å²) in [5, 5.41) is 4.29. The maximum atomic E-state index is 13.2. The average molecular weight is 393 g/mol. The minimum absolute atomic E-state index is 0.0194. The van der Waals surface area contributed by atoms with Gasteiger partial charge in [0.25, 0.3) is 5.92 Å². The van der Waals surface area contributed by atoms with Crippen molar-refractivity contribution in [1.29, 1.82) is 0 Å². The van der Waals surface area contributed by atoms with Crippen molar-refractivity contribution in [2.45, 2.75) is 51.9 Å². The number of ketones is 1. The van der Waals surface area contributed by atoms with Crippen LogP contribution in [0.15, 0.2) is 24.5 Å². The maximum Gasteiger partial charge on any atom is 0.261 e. The van der Waals surface area contributed by atoms with Crippen LogP contribution < -0.4 is 4.74 Å². The molecule has 1 aliphatic heterocycles. The summed E-state index contributed by atoms with van der Waals surface area (Å²) in [6.07, 6.45) is 7.49. The van der Waals surface area contributed by atoms with Crippen LogP contribution in [-0.4, -0.2) is 52.5 Å². The van der Waals surface area contributed by atoms with Crippen molar-refractivity contribution in [3.8, 4) is 5.75 Å². The van der Waals surface area contributed by atoms with Crippen molar-refractivity contribution < 1.29 is 18.3 Å². The Balaban J connectivity index is 1.57.